The molecule has 0 amide bonds. The fraction of sp³-hybridized carbons (Fsp3) is 0.143. The van der Waals surface area contributed by atoms with Crippen LogP contribution >= 0.6 is 11.6 Å². The van der Waals surface area contributed by atoms with Crippen molar-refractivity contribution in [2.45, 2.75) is 6.32 Å². The lowest BCUT2D eigenvalue weighted by molar-refractivity contribution is 0.101. The summed E-state index contributed by atoms with van der Waals surface area (Å²) < 4.78 is 0. The average molecular weight is 167 g/mol. The summed E-state index contributed by atoms with van der Waals surface area (Å²) in [6.07, 6.45) is 2.03. The van der Waals surface area contributed by atoms with Crippen LogP contribution < -0.4 is 0 Å². The molecule has 56 valence electrons. The summed E-state index contributed by atoms with van der Waals surface area (Å²) in [7, 11) is 1.82. The van der Waals surface area contributed by atoms with Gasteiger partial charge in [-0.15, -0.1) is 0 Å². The van der Waals surface area contributed by atoms with Crippen LogP contribution in [0, 0.1) is 0 Å². The Morgan fingerprint density at radius 3 is 3.00 bits per heavy atom. The zero-order valence-corrected chi connectivity index (χ0v) is 6.93. The zero-order valence-electron chi connectivity index (χ0n) is 6.17. The lowest BCUT2D eigenvalue weighted by Crippen LogP contribution is -1.97. The van der Waals surface area contributed by atoms with E-state index >= 15 is 0 Å². The Bertz CT molecular complexity index is 277. The highest BCUT2D eigenvalue weighted by Gasteiger charge is 2.02. The van der Waals surface area contributed by atoms with Gasteiger partial charge in [0.2, 0.25) is 0 Å². The van der Waals surface area contributed by atoms with Gasteiger partial charge in [0.25, 0.3) is 0 Å². The summed E-state index contributed by atoms with van der Waals surface area (Å²) >= 11 is 5.58. The van der Waals surface area contributed by atoms with Crippen LogP contribution in [0.1, 0.15) is 10.4 Å². The molecule has 0 aromatic carbocycles. The molecule has 0 bridgehead atoms. The number of hydrogen-bond donors (Lipinski definition) is 0. The van der Waals surface area contributed by atoms with Gasteiger partial charge in [0.15, 0.2) is 5.78 Å². The van der Waals surface area contributed by atoms with E-state index in [0.717, 1.165) is 0 Å². The van der Waals surface area contributed by atoms with Crippen molar-refractivity contribution >= 4 is 25.2 Å². The lowest BCUT2D eigenvalue weighted by atomic mass is 9.97. The summed E-state index contributed by atoms with van der Waals surface area (Å²) in [6.45, 7) is 0. The number of pyridine rings is 1. The van der Waals surface area contributed by atoms with Gasteiger partial charge in [0.1, 0.15) is 13.0 Å². The third kappa shape index (κ3) is 2.05. The molecular weight excluding hydrogens is 160 g/mol. The van der Waals surface area contributed by atoms with Gasteiger partial charge in [0, 0.05) is 11.8 Å². The van der Waals surface area contributed by atoms with Crippen LogP contribution in [0.25, 0.3) is 0 Å². The maximum Gasteiger partial charge on any atom is 0.155 e. The first-order valence-electron chi connectivity index (χ1n) is 3.38. The van der Waals surface area contributed by atoms with Gasteiger partial charge < -0.3 is 0 Å². The van der Waals surface area contributed by atoms with Crippen molar-refractivity contribution in [1.29, 1.82) is 0 Å². The molecule has 11 heavy (non-hydrogen) atoms. The Balaban J connectivity index is 2.96. The predicted octanol–water partition coefficient (Wildman–Crippen LogP) is 0.969. The van der Waals surface area contributed by atoms with Gasteiger partial charge >= 0.3 is 0 Å². The van der Waals surface area contributed by atoms with Gasteiger partial charge in [-0.25, -0.2) is 4.98 Å². The van der Waals surface area contributed by atoms with E-state index in [1.807, 2.05) is 7.85 Å². The normalized spacial score (nSPS) is 9.55. The van der Waals surface area contributed by atoms with Crippen molar-refractivity contribution in [2.24, 2.45) is 0 Å². The molecule has 1 aromatic rings. The number of ketones is 1. The van der Waals surface area contributed by atoms with E-state index < -0.39 is 0 Å². The Morgan fingerprint density at radius 1 is 1.73 bits per heavy atom. The summed E-state index contributed by atoms with van der Waals surface area (Å²) in [6, 6.07) is 3.24. The molecule has 0 aliphatic rings. The Hall–Kier alpha value is -0.825. The number of halogens is 1. The predicted molar refractivity (Wildman–Crippen MR) is 46.9 cm³/mol. The molecule has 1 heterocycles. The molecule has 0 saturated heterocycles. The third-order valence-corrected chi connectivity index (χ3v) is 1.58. The average Bonchev–Trinajstić information content (AvgIpc) is 2.03. The Morgan fingerprint density at radius 2 is 2.45 bits per heavy atom. The first kappa shape index (κ1) is 8.27. The van der Waals surface area contributed by atoms with Crippen LogP contribution in [0.4, 0.5) is 0 Å². The van der Waals surface area contributed by atoms with E-state index in [1.54, 1.807) is 12.1 Å². The van der Waals surface area contributed by atoms with E-state index in [-0.39, 0.29) is 5.78 Å². The summed E-state index contributed by atoms with van der Waals surface area (Å²) in [5.41, 5.74) is 0.632. The van der Waals surface area contributed by atoms with E-state index in [2.05, 4.69) is 4.98 Å². The number of hydrogen-bond acceptors (Lipinski definition) is 2. The molecule has 0 unspecified atom stereocenters. The van der Waals surface area contributed by atoms with Crippen molar-refractivity contribution < 1.29 is 4.79 Å². The fourth-order valence-electron chi connectivity index (χ4n) is 0.780. The molecule has 0 N–H and O–H groups in total. The minimum Gasteiger partial charge on any atom is -0.295 e. The summed E-state index contributed by atoms with van der Waals surface area (Å²) in [5.74, 6) is 0.0919. The van der Waals surface area contributed by atoms with Crippen molar-refractivity contribution in [1.82, 2.24) is 4.98 Å². The van der Waals surface area contributed by atoms with E-state index in [1.165, 1.54) is 6.20 Å². The molecule has 1 aromatic heterocycles. The van der Waals surface area contributed by atoms with Crippen LogP contribution in [-0.2, 0) is 0 Å². The van der Waals surface area contributed by atoms with Crippen LogP contribution in [0.3, 0.4) is 0 Å². The summed E-state index contributed by atoms with van der Waals surface area (Å²) in [5, 5.41) is 0.365. The highest BCUT2D eigenvalue weighted by Crippen LogP contribution is 2.08. The van der Waals surface area contributed by atoms with Crippen LogP contribution in [0.5, 0.6) is 0 Å². The quantitative estimate of drug-likeness (QED) is 0.373. The van der Waals surface area contributed by atoms with Gasteiger partial charge in [0.05, 0.1) is 0 Å². The molecule has 0 spiro atoms. The molecule has 0 radical (unpaired) electrons. The molecule has 0 aliphatic heterocycles. The Kier molecular flexibility index (Phi) is 2.66. The molecular formula is C7H7BClNO. The van der Waals surface area contributed by atoms with Gasteiger partial charge in [-0.05, 0) is 18.5 Å². The number of aromatic nitrogens is 1. The Labute approximate surface area is 71.0 Å². The number of Topliss-reactive ketones (excluding diaryl/α,β-unsaturated/α-hetero) is 1. The molecule has 4 heteroatoms. The standard InChI is InChI=1S/C7H7BClNO/c8-4-6(11)5-1-2-10-7(9)3-5/h1-3H,4,8H2. The zero-order chi connectivity index (χ0) is 8.27. The van der Waals surface area contributed by atoms with Crippen molar-refractivity contribution in [3.8, 4) is 0 Å². The second-order valence-electron chi connectivity index (χ2n) is 2.14. The topological polar surface area (TPSA) is 30.0 Å². The largest absolute Gasteiger partial charge is 0.295 e. The second-order valence-corrected chi connectivity index (χ2v) is 2.53. The minimum absolute atomic E-state index is 0.0919. The molecule has 0 saturated carbocycles. The molecule has 1 rings (SSSR count). The highest BCUT2D eigenvalue weighted by atomic mass is 35.5. The van der Waals surface area contributed by atoms with Crippen LogP contribution in [0.2, 0.25) is 11.5 Å². The van der Waals surface area contributed by atoms with Crippen LogP contribution in [-0.4, -0.2) is 18.6 Å². The van der Waals surface area contributed by atoms with E-state index in [4.69, 9.17) is 11.6 Å². The first-order chi connectivity index (χ1) is 5.24. The van der Waals surface area contributed by atoms with E-state index in [9.17, 15) is 4.79 Å². The molecule has 0 fully saturated rings. The van der Waals surface area contributed by atoms with Crippen molar-refractivity contribution in [3.05, 3.63) is 29.0 Å². The number of carbonyl (C=O) groups is 1. The first-order valence-corrected chi connectivity index (χ1v) is 3.76. The fourth-order valence-corrected chi connectivity index (χ4v) is 0.954. The smallest absolute Gasteiger partial charge is 0.155 e. The minimum atomic E-state index is 0.0919. The lowest BCUT2D eigenvalue weighted by Gasteiger charge is -1.95. The third-order valence-electron chi connectivity index (χ3n) is 1.37. The maximum atomic E-state index is 11.1. The second kappa shape index (κ2) is 3.53. The number of nitrogens with zero attached hydrogens (tertiary/aromatic N) is 1. The highest BCUT2D eigenvalue weighted by molar-refractivity contribution is 6.30. The van der Waals surface area contributed by atoms with Gasteiger partial charge in [-0.2, -0.15) is 0 Å². The number of carbonyl (C=O) groups excluding carboxylic acids is 1. The SMILES string of the molecule is BCC(=O)c1ccnc(Cl)c1. The van der Waals surface area contributed by atoms with Gasteiger partial charge in [-0.1, -0.05) is 11.6 Å². The van der Waals surface area contributed by atoms with E-state index in [0.29, 0.717) is 17.0 Å². The maximum absolute atomic E-state index is 11.1. The molecule has 0 atom stereocenters. The van der Waals surface area contributed by atoms with Crippen molar-refractivity contribution in [3.63, 3.8) is 0 Å². The molecule has 2 nitrogen and oxygen atoms in total. The molecule has 0 aliphatic carbocycles. The monoisotopic (exact) mass is 167 g/mol. The van der Waals surface area contributed by atoms with Crippen molar-refractivity contribution in [2.75, 3.05) is 0 Å². The van der Waals surface area contributed by atoms with Gasteiger partial charge in [-0.3, -0.25) is 4.79 Å². The number of rotatable bonds is 2. The summed E-state index contributed by atoms with van der Waals surface area (Å²) in [4.78, 5) is 14.8. The van der Waals surface area contributed by atoms with Crippen LogP contribution in [0.15, 0.2) is 18.3 Å².